The maximum Gasteiger partial charge on any atom is 0.369 e. The van der Waals surface area contributed by atoms with Crippen molar-refractivity contribution in [3.63, 3.8) is 0 Å². The summed E-state index contributed by atoms with van der Waals surface area (Å²) in [6.45, 7) is 3.63. The van der Waals surface area contributed by atoms with Gasteiger partial charge in [0, 0.05) is 5.56 Å². The molecule has 1 unspecified atom stereocenters. The van der Waals surface area contributed by atoms with Crippen molar-refractivity contribution >= 4 is 17.2 Å². The minimum absolute atomic E-state index is 0.206. The number of aryl methyl sites for hydroxylation is 1. The average Bonchev–Trinajstić information content (AvgIpc) is 3.25. The molecule has 1 aromatic carbocycles. The first-order valence-corrected chi connectivity index (χ1v) is 8.88. The first-order chi connectivity index (χ1) is 12.5. The number of hydrogen-bond acceptors (Lipinski definition) is 6. The molecule has 0 saturated heterocycles. The summed E-state index contributed by atoms with van der Waals surface area (Å²) in [6.07, 6.45) is 0. The van der Waals surface area contributed by atoms with Gasteiger partial charge in [-0.05, 0) is 47.9 Å². The molecule has 136 valence electrons. The molecule has 0 spiro atoms. The van der Waals surface area contributed by atoms with Crippen LogP contribution >= 0.6 is 11.3 Å². The second kappa shape index (κ2) is 7.52. The van der Waals surface area contributed by atoms with Crippen LogP contribution in [0.4, 0.5) is 0 Å². The van der Waals surface area contributed by atoms with Gasteiger partial charge in [-0.15, -0.1) is 11.3 Å². The van der Waals surface area contributed by atoms with Crippen molar-refractivity contribution in [2.24, 2.45) is 0 Å². The highest BCUT2D eigenvalue weighted by Gasteiger charge is 2.17. The number of thiophene rings is 1. The van der Waals surface area contributed by atoms with E-state index in [2.05, 4.69) is 15.7 Å². The predicted octanol–water partition coefficient (Wildman–Crippen LogP) is 1.68. The van der Waals surface area contributed by atoms with E-state index < -0.39 is 5.69 Å². The van der Waals surface area contributed by atoms with Crippen LogP contribution in [0.5, 0.6) is 5.75 Å². The molecule has 0 saturated carbocycles. The van der Waals surface area contributed by atoms with E-state index in [9.17, 15) is 9.59 Å². The molecule has 2 heterocycles. The standard InChI is InChI=1S/C17H19N5O3S/c1-11-6-7-14(25-3)13(9-11)12(2)18-15(23)10-21-17(24)22(20-19-21)16-5-4-8-26-16/h4-9,12H,10H2,1-3H3,(H,18,23). The lowest BCUT2D eigenvalue weighted by atomic mass is 10.0. The van der Waals surface area contributed by atoms with Crippen molar-refractivity contribution in [1.29, 1.82) is 0 Å². The Hall–Kier alpha value is -2.94. The lowest BCUT2D eigenvalue weighted by molar-refractivity contribution is -0.122. The molecule has 1 N–H and O–H groups in total. The Labute approximate surface area is 154 Å². The number of methoxy groups -OCH3 is 1. The van der Waals surface area contributed by atoms with Crippen molar-refractivity contribution in [3.05, 3.63) is 57.3 Å². The topological polar surface area (TPSA) is 91.0 Å². The van der Waals surface area contributed by atoms with E-state index in [1.807, 2.05) is 43.5 Å². The second-order valence-corrected chi connectivity index (χ2v) is 6.74. The minimum atomic E-state index is -0.455. The Morgan fingerprint density at radius 3 is 2.85 bits per heavy atom. The molecule has 0 bridgehead atoms. The summed E-state index contributed by atoms with van der Waals surface area (Å²) >= 11 is 1.37. The number of tetrazole rings is 1. The minimum Gasteiger partial charge on any atom is -0.496 e. The summed E-state index contributed by atoms with van der Waals surface area (Å²) in [6, 6.07) is 9.07. The third-order valence-corrected chi connectivity index (χ3v) is 4.72. The van der Waals surface area contributed by atoms with Gasteiger partial charge in [0.05, 0.1) is 13.2 Å². The number of aromatic nitrogens is 4. The molecular formula is C17H19N5O3S. The Balaban J connectivity index is 1.72. The van der Waals surface area contributed by atoms with Gasteiger partial charge in [-0.2, -0.15) is 9.36 Å². The molecular weight excluding hydrogens is 354 g/mol. The molecule has 0 aliphatic heterocycles. The van der Waals surface area contributed by atoms with Gasteiger partial charge in [0.2, 0.25) is 5.91 Å². The van der Waals surface area contributed by atoms with Gasteiger partial charge in [0.25, 0.3) is 0 Å². The Bertz CT molecular complexity index is 961. The molecule has 3 rings (SSSR count). The van der Waals surface area contributed by atoms with Crippen molar-refractivity contribution in [1.82, 2.24) is 25.1 Å². The van der Waals surface area contributed by atoms with E-state index in [1.54, 1.807) is 13.2 Å². The number of amides is 1. The number of hydrogen-bond donors (Lipinski definition) is 1. The van der Waals surface area contributed by atoms with Gasteiger partial charge < -0.3 is 10.1 Å². The Morgan fingerprint density at radius 1 is 1.35 bits per heavy atom. The zero-order valence-electron chi connectivity index (χ0n) is 14.7. The van der Waals surface area contributed by atoms with Crippen molar-refractivity contribution in [3.8, 4) is 10.8 Å². The number of rotatable bonds is 6. The lowest BCUT2D eigenvalue weighted by Gasteiger charge is -2.17. The third kappa shape index (κ3) is 3.67. The highest BCUT2D eigenvalue weighted by molar-refractivity contribution is 7.12. The summed E-state index contributed by atoms with van der Waals surface area (Å²) in [4.78, 5) is 24.7. The van der Waals surface area contributed by atoms with Gasteiger partial charge in [0.15, 0.2) is 0 Å². The SMILES string of the molecule is COc1ccc(C)cc1C(C)NC(=O)Cn1nnn(-c2cccs2)c1=O. The molecule has 0 fully saturated rings. The molecule has 2 aromatic heterocycles. The maximum absolute atomic E-state index is 12.3. The molecule has 3 aromatic rings. The summed E-state index contributed by atoms with van der Waals surface area (Å²) in [5.74, 6) is 0.366. The average molecular weight is 373 g/mol. The summed E-state index contributed by atoms with van der Waals surface area (Å²) in [7, 11) is 1.59. The fraction of sp³-hybridized carbons (Fsp3) is 0.294. The van der Waals surface area contributed by atoms with E-state index in [0.29, 0.717) is 10.8 Å². The van der Waals surface area contributed by atoms with Crippen molar-refractivity contribution in [2.45, 2.75) is 26.4 Å². The zero-order valence-corrected chi connectivity index (χ0v) is 15.5. The summed E-state index contributed by atoms with van der Waals surface area (Å²) in [5.41, 5.74) is 1.48. The van der Waals surface area contributed by atoms with E-state index in [4.69, 9.17) is 4.74 Å². The largest absolute Gasteiger partial charge is 0.496 e. The fourth-order valence-electron chi connectivity index (χ4n) is 2.60. The maximum atomic E-state index is 12.3. The number of nitrogens with zero attached hydrogens (tertiary/aromatic N) is 4. The van der Waals surface area contributed by atoms with Gasteiger partial charge in [-0.25, -0.2) is 4.79 Å². The molecule has 0 aliphatic carbocycles. The van der Waals surface area contributed by atoms with E-state index in [1.165, 1.54) is 16.0 Å². The monoisotopic (exact) mass is 373 g/mol. The van der Waals surface area contributed by atoms with E-state index in [0.717, 1.165) is 15.8 Å². The van der Waals surface area contributed by atoms with Crippen LogP contribution in [0.3, 0.4) is 0 Å². The van der Waals surface area contributed by atoms with E-state index >= 15 is 0 Å². The first kappa shape index (κ1) is 17.9. The van der Waals surface area contributed by atoms with Crippen LogP contribution in [-0.4, -0.2) is 32.8 Å². The summed E-state index contributed by atoms with van der Waals surface area (Å²) in [5, 5.41) is 12.9. The molecule has 0 radical (unpaired) electrons. The smallest absolute Gasteiger partial charge is 0.369 e. The number of ether oxygens (including phenoxy) is 1. The predicted molar refractivity (Wildman–Crippen MR) is 97.8 cm³/mol. The molecule has 26 heavy (non-hydrogen) atoms. The van der Waals surface area contributed by atoms with Gasteiger partial charge in [-0.3, -0.25) is 4.79 Å². The molecule has 1 atom stereocenters. The highest BCUT2D eigenvalue weighted by Crippen LogP contribution is 2.25. The van der Waals surface area contributed by atoms with Crippen LogP contribution in [-0.2, 0) is 11.3 Å². The van der Waals surface area contributed by atoms with Crippen LogP contribution in [0, 0.1) is 6.92 Å². The first-order valence-electron chi connectivity index (χ1n) is 8.00. The van der Waals surface area contributed by atoms with Crippen molar-refractivity contribution in [2.75, 3.05) is 7.11 Å². The Kier molecular flexibility index (Phi) is 5.17. The van der Waals surface area contributed by atoms with E-state index in [-0.39, 0.29) is 18.5 Å². The number of nitrogens with one attached hydrogen (secondary N) is 1. The summed E-state index contributed by atoms with van der Waals surface area (Å²) < 4.78 is 7.56. The third-order valence-electron chi connectivity index (χ3n) is 3.88. The number of benzene rings is 1. The Morgan fingerprint density at radius 2 is 2.15 bits per heavy atom. The van der Waals surface area contributed by atoms with Crippen LogP contribution in [0.25, 0.3) is 5.00 Å². The van der Waals surface area contributed by atoms with Crippen LogP contribution in [0.2, 0.25) is 0 Å². The fourth-order valence-corrected chi connectivity index (χ4v) is 3.26. The van der Waals surface area contributed by atoms with Gasteiger partial charge in [-0.1, -0.05) is 17.7 Å². The quantitative estimate of drug-likeness (QED) is 0.710. The molecule has 1 amide bonds. The number of carbonyl (C=O) groups is 1. The molecule has 9 heteroatoms. The molecule has 8 nitrogen and oxygen atoms in total. The second-order valence-electron chi connectivity index (χ2n) is 5.82. The lowest BCUT2D eigenvalue weighted by Crippen LogP contribution is -2.34. The number of carbonyl (C=O) groups excluding carboxylic acids is 1. The van der Waals surface area contributed by atoms with Crippen LogP contribution < -0.4 is 15.7 Å². The normalized spacial score (nSPS) is 12.0. The van der Waals surface area contributed by atoms with Crippen molar-refractivity contribution < 1.29 is 9.53 Å². The highest BCUT2D eigenvalue weighted by atomic mass is 32.1. The zero-order chi connectivity index (χ0) is 18.7. The molecule has 0 aliphatic rings. The van der Waals surface area contributed by atoms with Crippen LogP contribution in [0.1, 0.15) is 24.1 Å². The van der Waals surface area contributed by atoms with Crippen LogP contribution in [0.15, 0.2) is 40.5 Å². The van der Waals surface area contributed by atoms with Gasteiger partial charge >= 0.3 is 5.69 Å². The van der Waals surface area contributed by atoms with Gasteiger partial charge in [0.1, 0.15) is 17.3 Å².